The van der Waals surface area contributed by atoms with Crippen molar-refractivity contribution in [1.29, 1.82) is 0 Å². The molecule has 0 aromatic carbocycles. The third kappa shape index (κ3) is 3.58. The average molecular weight is 321 g/mol. The molecular weight excluding hydrogens is 294 g/mol. The van der Waals surface area contributed by atoms with Crippen LogP contribution in [0.25, 0.3) is 0 Å². The van der Waals surface area contributed by atoms with E-state index < -0.39 is 6.10 Å². The van der Waals surface area contributed by atoms with Crippen LogP contribution in [0.5, 0.6) is 0 Å². The van der Waals surface area contributed by atoms with E-state index in [-0.39, 0.29) is 17.4 Å². The summed E-state index contributed by atoms with van der Waals surface area (Å²) in [5.74, 6) is 1.10. The molecule has 1 amide bonds. The zero-order valence-electron chi connectivity index (χ0n) is 14.2. The second-order valence-electron chi connectivity index (χ2n) is 7.86. The molecule has 1 aliphatic carbocycles. The fourth-order valence-corrected chi connectivity index (χ4v) is 3.63. The maximum atomic E-state index is 12.6. The second kappa shape index (κ2) is 6.24. The van der Waals surface area contributed by atoms with Crippen LogP contribution >= 0.6 is 0 Å². The van der Waals surface area contributed by atoms with Crippen molar-refractivity contribution in [3.05, 3.63) is 11.8 Å². The van der Waals surface area contributed by atoms with Crippen molar-refractivity contribution < 1.29 is 14.4 Å². The number of aromatic nitrogens is 1. The molecule has 1 aliphatic heterocycles. The molecule has 0 bridgehead atoms. The largest absolute Gasteiger partial charge is 0.392 e. The highest BCUT2D eigenvalue weighted by Gasteiger charge is 2.40. The first kappa shape index (κ1) is 16.5. The van der Waals surface area contributed by atoms with Crippen molar-refractivity contribution in [2.24, 2.45) is 0 Å². The summed E-state index contributed by atoms with van der Waals surface area (Å²) in [5.41, 5.74) is -0.143. The van der Waals surface area contributed by atoms with Crippen LogP contribution in [0.1, 0.15) is 58.6 Å². The van der Waals surface area contributed by atoms with Gasteiger partial charge < -0.3 is 14.9 Å². The van der Waals surface area contributed by atoms with E-state index in [2.05, 4.69) is 15.4 Å². The minimum absolute atomic E-state index is 0.0952. The number of rotatable bonds is 3. The molecule has 1 saturated carbocycles. The van der Waals surface area contributed by atoms with E-state index in [0.29, 0.717) is 24.8 Å². The maximum absolute atomic E-state index is 12.6. The van der Waals surface area contributed by atoms with Gasteiger partial charge in [-0.3, -0.25) is 9.69 Å². The summed E-state index contributed by atoms with van der Waals surface area (Å²) < 4.78 is 5.31. The molecule has 2 N–H and O–H groups in total. The number of carbonyl (C=O) groups is 1. The first-order valence-corrected chi connectivity index (χ1v) is 8.56. The van der Waals surface area contributed by atoms with E-state index in [4.69, 9.17) is 4.52 Å². The van der Waals surface area contributed by atoms with Gasteiger partial charge in [-0.05, 0) is 19.3 Å². The smallest absolute Gasteiger partial charge is 0.243 e. The Bertz CT molecular complexity index is 558. The lowest BCUT2D eigenvalue weighted by atomic mass is 9.93. The molecule has 2 aliphatic rings. The van der Waals surface area contributed by atoms with Gasteiger partial charge >= 0.3 is 0 Å². The van der Waals surface area contributed by atoms with Gasteiger partial charge in [0, 0.05) is 24.1 Å². The molecule has 0 radical (unpaired) electrons. The number of aliphatic hydroxyl groups is 1. The zero-order valence-corrected chi connectivity index (χ0v) is 14.2. The fourth-order valence-electron chi connectivity index (χ4n) is 3.63. The van der Waals surface area contributed by atoms with E-state index in [1.165, 1.54) is 12.8 Å². The molecule has 2 fully saturated rings. The summed E-state index contributed by atoms with van der Waals surface area (Å²) in [6, 6.07) is 1.93. The van der Waals surface area contributed by atoms with Crippen molar-refractivity contribution >= 4 is 11.7 Å². The number of β-amino-alcohol motifs (C(OH)–C–C–N with tert-alkyl or cyclic N) is 1. The lowest BCUT2D eigenvalue weighted by Crippen LogP contribution is -2.44. The van der Waals surface area contributed by atoms with Crippen molar-refractivity contribution in [1.82, 2.24) is 10.1 Å². The van der Waals surface area contributed by atoms with Crippen molar-refractivity contribution in [2.45, 2.75) is 76.5 Å². The maximum Gasteiger partial charge on any atom is 0.243 e. The van der Waals surface area contributed by atoms with Crippen LogP contribution < -0.4 is 5.32 Å². The highest BCUT2D eigenvalue weighted by atomic mass is 16.5. The van der Waals surface area contributed by atoms with Crippen LogP contribution in [0.15, 0.2) is 10.6 Å². The molecule has 2 heterocycles. The highest BCUT2D eigenvalue weighted by molar-refractivity contribution is 5.94. The third-order valence-electron chi connectivity index (χ3n) is 4.91. The number of hydrogen-bond donors (Lipinski definition) is 2. The molecule has 6 heteroatoms. The summed E-state index contributed by atoms with van der Waals surface area (Å²) in [6.07, 6.45) is 4.73. The molecule has 2 atom stereocenters. The van der Waals surface area contributed by atoms with Crippen LogP contribution in [0.3, 0.4) is 0 Å². The molecule has 1 saturated heterocycles. The number of nitrogens with one attached hydrogen (secondary N) is 1. The van der Waals surface area contributed by atoms with Crippen LogP contribution in [0.4, 0.5) is 5.82 Å². The molecule has 23 heavy (non-hydrogen) atoms. The van der Waals surface area contributed by atoms with Gasteiger partial charge in [0.05, 0.1) is 12.1 Å². The number of aliphatic hydroxyl groups excluding tert-OH is 1. The SMILES string of the molecule is CC(C)(C)c1cc(NC(=O)[C@@H]2C[C@@H](O)CN2C2CCCC2)no1. The Labute approximate surface area is 137 Å². The Balaban J connectivity index is 1.67. The van der Waals surface area contributed by atoms with Gasteiger partial charge in [0.15, 0.2) is 5.82 Å². The monoisotopic (exact) mass is 321 g/mol. The first-order chi connectivity index (χ1) is 10.8. The van der Waals surface area contributed by atoms with E-state index in [1.54, 1.807) is 6.07 Å². The minimum atomic E-state index is -0.422. The number of carbonyl (C=O) groups excluding carboxylic acids is 1. The molecule has 0 unspecified atom stereocenters. The fraction of sp³-hybridized carbons (Fsp3) is 0.765. The van der Waals surface area contributed by atoms with Gasteiger partial charge in [0.1, 0.15) is 5.76 Å². The molecule has 0 spiro atoms. The van der Waals surface area contributed by atoms with E-state index >= 15 is 0 Å². The predicted octanol–water partition coefficient (Wildman–Crippen LogP) is 2.29. The second-order valence-corrected chi connectivity index (χ2v) is 7.86. The van der Waals surface area contributed by atoms with E-state index in [9.17, 15) is 9.90 Å². The predicted molar refractivity (Wildman–Crippen MR) is 87.2 cm³/mol. The van der Waals surface area contributed by atoms with Crippen LogP contribution in [0, 0.1) is 0 Å². The van der Waals surface area contributed by atoms with Gasteiger partial charge in [-0.25, -0.2) is 0 Å². The zero-order chi connectivity index (χ0) is 16.6. The lowest BCUT2D eigenvalue weighted by Gasteiger charge is -2.28. The van der Waals surface area contributed by atoms with Crippen molar-refractivity contribution in [3.63, 3.8) is 0 Å². The molecular formula is C17H27N3O3. The van der Waals surface area contributed by atoms with Gasteiger partial charge in [-0.1, -0.05) is 38.8 Å². The quantitative estimate of drug-likeness (QED) is 0.893. The normalized spacial score (nSPS) is 26.8. The summed E-state index contributed by atoms with van der Waals surface area (Å²) in [6.45, 7) is 6.70. The number of amides is 1. The Morgan fingerprint density at radius 2 is 2.09 bits per heavy atom. The Kier molecular flexibility index (Phi) is 4.47. The number of hydrogen-bond acceptors (Lipinski definition) is 5. The Hall–Kier alpha value is -1.40. The van der Waals surface area contributed by atoms with Crippen molar-refractivity contribution in [3.8, 4) is 0 Å². The first-order valence-electron chi connectivity index (χ1n) is 8.56. The number of anilines is 1. The molecule has 1 aromatic heterocycles. The molecule has 128 valence electrons. The average Bonchev–Trinajstić information content (AvgIpc) is 3.15. The summed E-state index contributed by atoms with van der Waals surface area (Å²) >= 11 is 0. The lowest BCUT2D eigenvalue weighted by molar-refractivity contribution is -0.121. The summed E-state index contributed by atoms with van der Waals surface area (Å²) in [5, 5.41) is 16.8. The minimum Gasteiger partial charge on any atom is -0.392 e. The number of nitrogens with zero attached hydrogens (tertiary/aromatic N) is 2. The number of likely N-dealkylation sites (tertiary alicyclic amines) is 1. The standard InChI is InChI=1S/C17H27N3O3/c1-17(2,3)14-9-15(19-23-14)18-16(22)13-8-12(21)10-20(13)11-6-4-5-7-11/h9,11-13,21H,4-8,10H2,1-3H3,(H,18,19,22)/t12-,13+/m1/s1. The summed E-state index contributed by atoms with van der Waals surface area (Å²) in [4.78, 5) is 14.8. The van der Waals surface area contributed by atoms with Gasteiger partial charge in [-0.15, -0.1) is 0 Å². The van der Waals surface area contributed by atoms with Crippen LogP contribution in [-0.2, 0) is 10.2 Å². The third-order valence-corrected chi connectivity index (χ3v) is 4.91. The molecule has 1 aromatic rings. The molecule has 3 rings (SSSR count). The van der Waals surface area contributed by atoms with E-state index in [1.807, 2.05) is 20.8 Å². The molecule has 6 nitrogen and oxygen atoms in total. The Morgan fingerprint density at radius 3 is 2.70 bits per heavy atom. The van der Waals surface area contributed by atoms with E-state index in [0.717, 1.165) is 18.6 Å². The Morgan fingerprint density at radius 1 is 1.39 bits per heavy atom. The van der Waals surface area contributed by atoms with Crippen LogP contribution in [-0.4, -0.2) is 45.8 Å². The summed E-state index contributed by atoms with van der Waals surface area (Å²) in [7, 11) is 0. The van der Waals surface area contributed by atoms with Gasteiger partial charge in [0.25, 0.3) is 0 Å². The van der Waals surface area contributed by atoms with Gasteiger partial charge in [-0.2, -0.15) is 0 Å². The van der Waals surface area contributed by atoms with Crippen molar-refractivity contribution in [2.75, 3.05) is 11.9 Å². The highest BCUT2D eigenvalue weighted by Crippen LogP contribution is 2.31. The topological polar surface area (TPSA) is 78.6 Å². The van der Waals surface area contributed by atoms with Gasteiger partial charge in [0.2, 0.25) is 5.91 Å². The van der Waals surface area contributed by atoms with Crippen LogP contribution in [0.2, 0.25) is 0 Å².